The lowest BCUT2D eigenvalue weighted by atomic mass is 9.78. The molecule has 2 amide bonds. The maximum absolute atomic E-state index is 12.7. The molecule has 1 aromatic heterocycles. The van der Waals surface area contributed by atoms with Gasteiger partial charge in [-0.2, -0.15) is 0 Å². The van der Waals surface area contributed by atoms with Crippen molar-refractivity contribution >= 4 is 11.8 Å². The van der Waals surface area contributed by atoms with Gasteiger partial charge < -0.3 is 24.3 Å². The average Bonchev–Trinajstić information content (AvgIpc) is 3.17. The molecule has 3 rings (SSSR count). The number of carbonyl (C=O) groups is 2. The van der Waals surface area contributed by atoms with Gasteiger partial charge in [-0.1, -0.05) is 0 Å². The van der Waals surface area contributed by atoms with Crippen molar-refractivity contribution in [2.45, 2.75) is 24.8 Å². The zero-order chi connectivity index (χ0) is 20.1. The highest BCUT2D eigenvalue weighted by Gasteiger charge is 2.49. The van der Waals surface area contributed by atoms with Crippen LogP contribution in [0.2, 0.25) is 0 Å². The number of H-pyrrole nitrogens is 1. The highest BCUT2D eigenvalue weighted by Crippen LogP contribution is 2.42. The van der Waals surface area contributed by atoms with Crippen molar-refractivity contribution in [2.75, 3.05) is 67.2 Å². The highest BCUT2D eigenvalue weighted by molar-refractivity contribution is 5.80. The largest absolute Gasteiger partial charge is 0.383 e. The third kappa shape index (κ3) is 4.06. The number of carbonyl (C=O) groups excluding carboxylic acids is 2. The fourth-order valence-electron chi connectivity index (χ4n) is 4.33. The molecule has 2 aliphatic rings. The lowest BCUT2D eigenvalue weighted by Crippen LogP contribution is -2.60. The Kier molecular flexibility index (Phi) is 6.69. The van der Waals surface area contributed by atoms with E-state index < -0.39 is 5.54 Å². The molecule has 1 N–H and O–H groups in total. The van der Waals surface area contributed by atoms with Gasteiger partial charge in [-0.05, 0) is 19.9 Å². The van der Waals surface area contributed by atoms with Crippen LogP contribution in [0.25, 0.3) is 0 Å². The van der Waals surface area contributed by atoms with Gasteiger partial charge in [0, 0.05) is 52.5 Å². The third-order valence-corrected chi connectivity index (χ3v) is 5.86. The van der Waals surface area contributed by atoms with Gasteiger partial charge in [0.1, 0.15) is 6.61 Å². The number of nitrogens with zero attached hydrogens (tertiary/aromatic N) is 4. The predicted molar refractivity (Wildman–Crippen MR) is 103 cm³/mol. The van der Waals surface area contributed by atoms with Gasteiger partial charge in [-0.3, -0.25) is 14.5 Å². The van der Waals surface area contributed by atoms with Crippen LogP contribution in [0.5, 0.6) is 0 Å². The monoisotopic (exact) mass is 393 g/mol. The Hall–Kier alpha value is -1.97. The smallest absolute Gasteiger partial charge is 0.249 e. The molecule has 1 aromatic rings. The van der Waals surface area contributed by atoms with Crippen LogP contribution in [0.3, 0.4) is 0 Å². The maximum Gasteiger partial charge on any atom is 0.249 e. The molecule has 0 saturated carbocycles. The molecule has 2 aliphatic heterocycles. The van der Waals surface area contributed by atoms with Crippen molar-refractivity contribution in [2.24, 2.45) is 0 Å². The minimum absolute atomic E-state index is 0.0183. The molecule has 9 nitrogen and oxygen atoms in total. The van der Waals surface area contributed by atoms with E-state index in [4.69, 9.17) is 9.47 Å². The van der Waals surface area contributed by atoms with Crippen LogP contribution in [0, 0.1) is 0 Å². The number of hydrogen-bond donors (Lipinski definition) is 1. The number of methoxy groups -OCH3 is 2. The van der Waals surface area contributed by atoms with Crippen LogP contribution in [-0.2, 0) is 31.0 Å². The first-order valence-corrected chi connectivity index (χ1v) is 9.79. The zero-order valence-electron chi connectivity index (χ0n) is 17.1. The number of rotatable bonds is 7. The van der Waals surface area contributed by atoms with E-state index in [0.29, 0.717) is 45.6 Å². The van der Waals surface area contributed by atoms with Gasteiger partial charge in [0.25, 0.3) is 0 Å². The van der Waals surface area contributed by atoms with Crippen LogP contribution in [0.1, 0.15) is 24.2 Å². The number of likely N-dealkylation sites (N-methyl/N-ethyl adjacent to an activating group) is 1. The SMILES string of the molecule is COCCN(C)CC(=O)N1CCC2(CC1)c1nc[nH]c1CCN2C(=O)COC. The fraction of sp³-hybridized carbons (Fsp3) is 0.737. The Labute approximate surface area is 166 Å². The molecule has 1 saturated heterocycles. The first kappa shape index (κ1) is 20.8. The van der Waals surface area contributed by atoms with Gasteiger partial charge in [0.2, 0.25) is 11.8 Å². The first-order valence-electron chi connectivity index (χ1n) is 9.79. The van der Waals surface area contributed by atoms with E-state index in [1.54, 1.807) is 13.4 Å². The first-order chi connectivity index (χ1) is 13.5. The molecule has 0 unspecified atom stereocenters. The Morgan fingerprint density at radius 3 is 2.64 bits per heavy atom. The van der Waals surface area contributed by atoms with Crippen molar-refractivity contribution in [3.05, 3.63) is 17.7 Å². The summed E-state index contributed by atoms with van der Waals surface area (Å²) in [6, 6.07) is 0. The molecule has 0 aliphatic carbocycles. The summed E-state index contributed by atoms with van der Waals surface area (Å²) in [6.45, 7) is 3.62. The summed E-state index contributed by atoms with van der Waals surface area (Å²) in [5.74, 6) is 0.0940. The van der Waals surface area contributed by atoms with Crippen LogP contribution in [0.4, 0.5) is 0 Å². The van der Waals surface area contributed by atoms with Gasteiger partial charge in [-0.25, -0.2) is 4.98 Å². The van der Waals surface area contributed by atoms with E-state index in [1.165, 1.54) is 7.11 Å². The van der Waals surface area contributed by atoms with E-state index in [1.807, 2.05) is 21.7 Å². The molecule has 0 aromatic carbocycles. The van der Waals surface area contributed by atoms with E-state index in [9.17, 15) is 9.59 Å². The molecule has 1 spiro atoms. The van der Waals surface area contributed by atoms with Crippen molar-refractivity contribution in [3.63, 3.8) is 0 Å². The number of fused-ring (bicyclic) bond motifs is 2. The number of imidazole rings is 1. The van der Waals surface area contributed by atoms with Crippen LogP contribution in [0.15, 0.2) is 6.33 Å². The number of ether oxygens (including phenoxy) is 2. The summed E-state index contributed by atoms with van der Waals surface area (Å²) < 4.78 is 10.2. The van der Waals surface area contributed by atoms with Gasteiger partial charge in [0.15, 0.2) is 0 Å². The minimum atomic E-state index is -0.456. The molecule has 3 heterocycles. The molecule has 0 radical (unpaired) electrons. The Morgan fingerprint density at radius 1 is 1.21 bits per heavy atom. The molecule has 0 atom stereocenters. The minimum Gasteiger partial charge on any atom is -0.383 e. The number of nitrogens with one attached hydrogen (secondary N) is 1. The second kappa shape index (κ2) is 9.02. The lowest BCUT2D eigenvalue weighted by Gasteiger charge is -2.50. The van der Waals surface area contributed by atoms with Crippen LogP contribution >= 0.6 is 0 Å². The fourth-order valence-corrected chi connectivity index (χ4v) is 4.33. The van der Waals surface area contributed by atoms with E-state index in [-0.39, 0.29) is 18.4 Å². The van der Waals surface area contributed by atoms with Gasteiger partial charge in [-0.15, -0.1) is 0 Å². The van der Waals surface area contributed by atoms with Crippen LogP contribution < -0.4 is 0 Å². The molecule has 1 fully saturated rings. The molecular formula is C19H31N5O4. The van der Waals surface area contributed by atoms with Crippen molar-refractivity contribution in [1.82, 2.24) is 24.7 Å². The number of amides is 2. The van der Waals surface area contributed by atoms with Crippen LogP contribution in [-0.4, -0.2) is 104 Å². The summed E-state index contributed by atoms with van der Waals surface area (Å²) >= 11 is 0. The third-order valence-electron chi connectivity index (χ3n) is 5.86. The molecule has 28 heavy (non-hydrogen) atoms. The van der Waals surface area contributed by atoms with Crippen molar-refractivity contribution in [3.8, 4) is 0 Å². The second-order valence-electron chi connectivity index (χ2n) is 7.60. The number of aromatic amines is 1. The van der Waals surface area contributed by atoms with E-state index >= 15 is 0 Å². The second-order valence-corrected chi connectivity index (χ2v) is 7.60. The average molecular weight is 393 g/mol. The number of piperidine rings is 1. The topological polar surface area (TPSA) is 91.0 Å². The molecule has 156 valence electrons. The summed E-state index contributed by atoms with van der Waals surface area (Å²) in [7, 11) is 5.12. The normalized spacial score (nSPS) is 18.6. The number of hydrogen-bond acceptors (Lipinski definition) is 6. The number of aromatic nitrogens is 2. The summed E-state index contributed by atoms with van der Waals surface area (Å²) in [4.78, 5) is 39.0. The Morgan fingerprint density at radius 2 is 1.96 bits per heavy atom. The Bertz CT molecular complexity index is 684. The summed E-state index contributed by atoms with van der Waals surface area (Å²) in [6.07, 6.45) is 3.85. The predicted octanol–water partition coefficient (Wildman–Crippen LogP) is -0.163. The van der Waals surface area contributed by atoms with E-state index in [0.717, 1.165) is 24.4 Å². The van der Waals surface area contributed by atoms with Gasteiger partial charge >= 0.3 is 0 Å². The maximum atomic E-state index is 12.7. The van der Waals surface area contributed by atoms with E-state index in [2.05, 4.69) is 9.97 Å². The number of likely N-dealkylation sites (tertiary alicyclic amines) is 1. The van der Waals surface area contributed by atoms with Gasteiger partial charge in [0.05, 0.1) is 30.7 Å². The van der Waals surface area contributed by atoms with Crippen molar-refractivity contribution < 1.29 is 19.1 Å². The summed E-state index contributed by atoms with van der Waals surface area (Å²) in [5, 5.41) is 0. The quantitative estimate of drug-likeness (QED) is 0.692. The lowest BCUT2D eigenvalue weighted by molar-refractivity contribution is -0.148. The molecule has 0 bridgehead atoms. The molecular weight excluding hydrogens is 362 g/mol. The zero-order valence-corrected chi connectivity index (χ0v) is 17.1. The highest BCUT2D eigenvalue weighted by atomic mass is 16.5. The Balaban J connectivity index is 1.70. The molecule has 9 heteroatoms. The summed E-state index contributed by atoms with van der Waals surface area (Å²) in [5.41, 5.74) is 1.59. The van der Waals surface area contributed by atoms with Crippen molar-refractivity contribution in [1.29, 1.82) is 0 Å². The standard InChI is InChI=1S/C19H31N5O4/c1-22(10-11-27-2)12-16(25)23-8-5-19(6-9-23)18-15(20-14-21-18)4-7-24(19)17(26)13-28-3/h14H,4-13H2,1-3H3,(H,20,21).